The number of amides is 1. The molecule has 1 fully saturated rings. The fourth-order valence-corrected chi connectivity index (χ4v) is 5.27. The Bertz CT molecular complexity index is 1190. The van der Waals surface area contributed by atoms with Crippen molar-refractivity contribution >= 4 is 21.6 Å². The Labute approximate surface area is 187 Å². The highest BCUT2D eigenvalue weighted by Gasteiger charge is 2.33. The summed E-state index contributed by atoms with van der Waals surface area (Å²) in [6.07, 6.45) is 4.37. The van der Waals surface area contributed by atoms with Gasteiger partial charge in [-0.05, 0) is 55.7 Å². The molecule has 170 valence electrons. The lowest BCUT2D eigenvalue weighted by molar-refractivity contribution is -0.132. The second kappa shape index (κ2) is 9.25. The lowest BCUT2D eigenvalue weighted by atomic mass is 10.2. The van der Waals surface area contributed by atoms with Crippen LogP contribution in [-0.4, -0.2) is 65.4 Å². The Morgan fingerprint density at radius 1 is 1.19 bits per heavy atom. The maximum atomic E-state index is 12.9. The summed E-state index contributed by atoms with van der Waals surface area (Å²) in [5, 5.41) is 8.52. The highest BCUT2D eigenvalue weighted by atomic mass is 32.2. The van der Waals surface area contributed by atoms with Gasteiger partial charge in [-0.2, -0.15) is 0 Å². The average molecular weight is 458 g/mol. The summed E-state index contributed by atoms with van der Waals surface area (Å²) in [5.74, 6) is 1.37. The molecule has 1 unspecified atom stereocenters. The Balaban J connectivity index is 1.36. The zero-order valence-corrected chi connectivity index (χ0v) is 19.0. The Kier molecular flexibility index (Phi) is 6.43. The summed E-state index contributed by atoms with van der Waals surface area (Å²) >= 11 is 0. The third kappa shape index (κ3) is 4.33. The van der Waals surface area contributed by atoms with Gasteiger partial charge < -0.3 is 9.64 Å². The summed E-state index contributed by atoms with van der Waals surface area (Å²) in [7, 11) is -0.557. The number of rotatable bonds is 8. The molecule has 1 saturated heterocycles. The van der Waals surface area contributed by atoms with Crippen molar-refractivity contribution in [2.24, 2.45) is 0 Å². The van der Waals surface area contributed by atoms with E-state index in [9.17, 15) is 13.2 Å². The predicted octanol–water partition coefficient (Wildman–Crippen LogP) is 2.50. The Morgan fingerprint density at radius 2 is 1.97 bits per heavy atom. The van der Waals surface area contributed by atoms with Gasteiger partial charge in [0.05, 0.1) is 18.0 Å². The molecule has 4 rings (SSSR count). The molecule has 0 N–H and O–H groups in total. The Hall–Kier alpha value is -2.98. The predicted molar refractivity (Wildman–Crippen MR) is 119 cm³/mol. The van der Waals surface area contributed by atoms with Crippen LogP contribution < -0.4 is 4.74 Å². The van der Waals surface area contributed by atoms with Gasteiger partial charge >= 0.3 is 0 Å². The highest BCUT2D eigenvalue weighted by molar-refractivity contribution is 7.89. The van der Waals surface area contributed by atoms with E-state index in [1.54, 1.807) is 12.1 Å². The van der Waals surface area contributed by atoms with E-state index in [0.29, 0.717) is 18.7 Å². The van der Waals surface area contributed by atoms with E-state index < -0.39 is 10.0 Å². The van der Waals surface area contributed by atoms with E-state index in [1.807, 2.05) is 33.7 Å². The van der Waals surface area contributed by atoms with Crippen LogP contribution in [0.3, 0.4) is 0 Å². The fraction of sp³-hybridized carbons (Fsp3) is 0.409. The third-order valence-electron chi connectivity index (χ3n) is 5.84. The Morgan fingerprint density at radius 3 is 2.72 bits per heavy atom. The highest BCUT2D eigenvalue weighted by Crippen LogP contribution is 2.31. The molecule has 0 radical (unpaired) electrons. The molecule has 2 aromatic heterocycles. The van der Waals surface area contributed by atoms with Crippen molar-refractivity contribution < 1.29 is 17.9 Å². The van der Waals surface area contributed by atoms with Crippen LogP contribution in [0.1, 0.15) is 37.5 Å². The summed E-state index contributed by atoms with van der Waals surface area (Å²) in [6.45, 7) is 0.928. The van der Waals surface area contributed by atoms with Gasteiger partial charge in [-0.3, -0.25) is 9.20 Å². The van der Waals surface area contributed by atoms with Gasteiger partial charge in [0, 0.05) is 32.8 Å². The van der Waals surface area contributed by atoms with Crippen LogP contribution in [0.25, 0.3) is 5.65 Å². The van der Waals surface area contributed by atoms with Gasteiger partial charge in [0.1, 0.15) is 5.75 Å². The van der Waals surface area contributed by atoms with Crippen LogP contribution in [0.15, 0.2) is 53.6 Å². The minimum atomic E-state index is -3.62. The number of fused-ring (bicyclic) bond motifs is 1. The number of pyridine rings is 1. The second-order valence-electron chi connectivity index (χ2n) is 7.84. The molecule has 0 bridgehead atoms. The van der Waals surface area contributed by atoms with Crippen molar-refractivity contribution in [2.45, 2.75) is 36.6 Å². The molecule has 1 aliphatic rings. The average Bonchev–Trinajstić information content (AvgIpc) is 3.45. The zero-order chi connectivity index (χ0) is 22.7. The number of sulfonamides is 1. The molecule has 32 heavy (non-hydrogen) atoms. The summed E-state index contributed by atoms with van der Waals surface area (Å²) in [5.41, 5.74) is 0.757. The fourth-order valence-electron chi connectivity index (χ4n) is 4.07. The van der Waals surface area contributed by atoms with Crippen LogP contribution in [0.2, 0.25) is 0 Å². The van der Waals surface area contributed by atoms with Crippen molar-refractivity contribution in [1.29, 1.82) is 0 Å². The molecule has 0 spiro atoms. The van der Waals surface area contributed by atoms with E-state index in [1.165, 1.54) is 30.6 Å². The summed E-state index contributed by atoms with van der Waals surface area (Å²) < 4.78 is 33.8. The monoisotopic (exact) mass is 457 g/mol. The normalized spacial score (nSPS) is 16.7. The number of ether oxygens (including phenoxy) is 1. The number of carbonyl (C=O) groups is 1. The summed E-state index contributed by atoms with van der Waals surface area (Å²) in [6, 6.07) is 11.9. The van der Waals surface area contributed by atoms with Gasteiger partial charge in [-0.15, -0.1) is 10.2 Å². The molecule has 1 amide bonds. The lowest BCUT2D eigenvalue weighted by Crippen LogP contribution is -2.33. The van der Waals surface area contributed by atoms with E-state index in [2.05, 4.69) is 10.2 Å². The third-order valence-corrected chi connectivity index (χ3v) is 7.71. The quantitative estimate of drug-likeness (QED) is 0.516. The number of carbonyl (C=O) groups excluding carboxylic acids is 1. The van der Waals surface area contributed by atoms with Crippen LogP contribution in [0.4, 0.5) is 0 Å². The molecule has 3 heterocycles. The van der Waals surface area contributed by atoms with Crippen LogP contribution in [0.5, 0.6) is 5.75 Å². The van der Waals surface area contributed by atoms with Crippen LogP contribution in [0, 0.1) is 0 Å². The number of hydrogen-bond donors (Lipinski definition) is 0. The molecule has 3 aromatic rings. The number of benzene rings is 1. The second-order valence-corrected chi connectivity index (χ2v) is 9.88. The first kappa shape index (κ1) is 22.2. The van der Waals surface area contributed by atoms with Crippen LogP contribution in [-0.2, 0) is 14.8 Å². The minimum absolute atomic E-state index is 0.00965. The van der Waals surface area contributed by atoms with Gasteiger partial charge in [-0.1, -0.05) is 6.07 Å². The number of aromatic nitrogens is 3. The number of methoxy groups -OCH3 is 1. The van der Waals surface area contributed by atoms with E-state index in [0.717, 1.165) is 24.3 Å². The van der Waals surface area contributed by atoms with E-state index >= 15 is 0 Å². The maximum Gasteiger partial charge on any atom is 0.242 e. The zero-order valence-electron chi connectivity index (χ0n) is 18.2. The largest absolute Gasteiger partial charge is 0.497 e. The van der Waals surface area contributed by atoms with Crippen molar-refractivity contribution in [3.8, 4) is 5.75 Å². The molecule has 10 heteroatoms. The molecule has 0 saturated carbocycles. The van der Waals surface area contributed by atoms with Crippen molar-refractivity contribution in [3.63, 3.8) is 0 Å². The number of hydrogen-bond acceptors (Lipinski definition) is 6. The number of likely N-dealkylation sites (tertiary alicyclic amines) is 1. The van der Waals surface area contributed by atoms with Gasteiger partial charge in [0.25, 0.3) is 0 Å². The SMILES string of the molecule is COc1ccc(S(=O)(=O)N(C)CCCC(=O)N2CCCC2c2nnc3ccccn23)cc1. The van der Waals surface area contributed by atoms with E-state index in [-0.39, 0.29) is 29.8 Å². The molecule has 9 nitrogen and oxygen atoms in total. The first-order valence-electron chi connectivity index (χ1n) is 10.6. The first-order chi connectivity index (χ1) is 15.4. The molecule has 1 aliphatic heterocycles. The van der Waals surface area contributed by atoms with Gasteiger partial charge in [0.2, 0.25) is 15.9 Å². The van der Waals surface area contributed by atoms with Crippen molar-refractivity contribution in [3.05, 3.63) is 54.5 Å². The standard InChI is InChI=1S/C22H27N5O4S/c1-25(32(29,30)18-12-10-17(31-2)11-13-18)14-6-9-21(28)26-16-5-7-19(26)22-24-23-20-8-3-4-15-27(20)22/h3-4,8,10-13,15,19H,5-7,9,14,16H2,1-2H3. The topological polar surface area (TPSA) is 97.1 Å². The molecule has 0 aliphatic carbocycles. The summed E-state index contributed by atoms with van der Waals surface area (Å²) in [4.78, 5) is 15.0. The van der Waals surface area contributed by atoms with Gasteiger partial charge in [-0.25, -0.2) is 12.7 Å². The molecule has 1 aromatic carbocycles. The van der Waals surface area contributed by atoms with Crippen molar-refractivity contribution in [2.75, 3.05) is 27.2 Å². The first-order valence-corrected chi connectivity index (χ1v) is 12.1. The maximum absolute atomic E-state index is 12.9. The smallest absolute Gasteiger partial charge is 0.242 e. The minimum Gasteiger partial charge on any atom is -0.497 e. The van der Waals surface area contributed by atoms with Crippen molar-refractivity contribution in [1.82, 2.24) is 23.8 Å². The van der Waals surface area contributed by atoms with Gasteiger partial charge in [0.15, 0.2) is 11.5 Å². The lowest BCUT2D eigenvalue weighted by Gasteiger charge is -2.24. The van der Waals surface area contributed by atoms with Crippen LogP contribution >= 0.6 is 0 Å². The molecular weight excluding hydrogens is 430 g/mol. The van der Waals surface area contributed by atoms with E-state index in [4.69, 9.17) is 4.74 Å². The molecule has 1 atom stereocenters. The molecular formula is C22H27N5O4S. The number of nitrogens with zero attached hydrogens (tertiary/aromatic N) is 5.